The number of halogens is 3. The van der Waals surface area contributed by atoms with Crippen molar-refractivity contribution >= 4 is 70.8 Å². The molecular formula is C33H26BCl2FN2O8. The van der Waals surface area contributed by atoms with Gasteiger partial charge in [0.15, 0.2) is 21.2 Å². The quantitative estimate of drug-likeness (QED) is 0.162. The Kier molecular flexibility index (Phi) is 7.29. The summed E-state index contributed by atoms with van der Waals surface area (Å²) in [6, 6.07) is 14.9. The maximum atomic E-state index is 14.4. The maximum absolute atomic E-state index is 14.4. The van der Waals surface area contributed by atoms with Gasteiger partial charge in [-0.15, -0.1) is 23.2 Å². The number of methoxy groups -OCH3 is 1. The van der Waals surface area contributed by atoms with Gasteiger partial charge in [-0.3, -0.25) is 24.1 Å². The lowest BCUT2D eigenvalue weighted by Crippen LogP contribution is -2.60. The summed E-state index contributed by atoms with van der Waals surface area (Å²) in [6.45, 7) is 0. The lowest BCUT2D eigenvalue weighted by molar-refractivity contribution is -0.125. The predicted molar refractivity (Wildman–Crippen MR) is 170 cm³/mol. The van der Waals surface area contributed by atoms with Crippen molar-refractivity contribution in [1.82, 2.24) is 0 Å². The molecule has 3 aromatic rings. The average molecular weight is 679 g/mol. The number of anilines is 2. The molecule has 0 aromatic heterocycles. The molecule has 6 atom stereocenters. The lowest BCUT2D eigenvalue weighted by Gasteiger charge is -2.50. The fourth-order valence-electron chi connectivity index (χ4n) is 7.73. The van der Waals surface area contributed by atoms with Crippen LogP contribution in [0, 0.1) is 23.6 Å². The van der Waals surface area contributed by atoms with Crippen molar-refractivity contribution in [3.63, 3.8) is 0 Å². The van der Waals surface area contributed by atoms with Gasteiger partial charge in [0, 0.05) is 5.92 Å². The van der Waals surface area contributed by atoms with Crippen LogP contribution in [0.25, 0.3) is 0 Å². The molecule has 4 amide bonds. The summed E-state index contributed by atoms with van der Waals surface area (Å²) in [4.78, 5) is 54.4. The van der Waals surface area contributed by atoms with Crippen LogP contribution < -0.4 is 20.0 Å². The van der Waals surface area contributed by atoms with Crippen molar-refractivity contribution < 1.29 is 43.5 Å². The molecule has 3 fully saturated rings. The molecule has 4 aliphatic rings. The van der Waals surface area contributed by atoms with Gasteiger partial charge in [0.25, 0.3) is 11.8 Å². The first-order valence-electron chi connectivity index (χ1n) is 14.8. The molecule has 3 N–H and O–H groups in total. The minimum Gasteiger partial charge on any atom is -0.504 e. The van der Waals surface area contributed by atoms with E-state index in [1.165, 1.54) is 61.7 Å². The summed E-state index contributed by atoms with van der Waals surface area (Å²) in [5.41, 5.74) is 1.18. The Morgan fingerprint density at radius 2 is 1.62 bits per heavy atom. The lowest BCUT2D eigenvalue weighted by atomic mass is 9.56. The second kappa shape index (κ2) is 10.9. The van der Waals surface area contributed by atoms with Crippen LogP contribution in [0.3, 0.4) is 0 Å². The number of imide groups is 2. The summed E-state index contributed by atoms with van der Waals surface area (Å²) in [5, 5.41) is 29.8. The Labute approximate surface area is 278 Å². The van der Waals surface area contributed by atoms with Crippen molar-refractivity contribution in [3.8, 4) is 11.5 Å². The number of ether oxygens (including phenoxy) is 1. The zero-order valence-corrected chi connectivity index (χ0v) is 26.2. The standard InChI is InChI=1S/C33H26BCl2FN2O8/c1-47-25-13-16(5-12-24(25)40)27-21-10-11-22-26(29(42)38(28(22)41)20-4-2-3-17(14-20)34(45)46)23(21)15-32(35)30(43)39(31(44)33(27,32)36)19-8-6-18(37)7-9-19/h2-10,12-14,22-23,26-27,40,45-46H,11,15H2,1H3/t22-,23+,26-,27-,32+,33-/m0/s1. The van der Waals surface area contributed by atoms with Crippen LogP contribution in [0.15, 0.2) is 78.4 Å². The molecule has 0 bridgehead atoms. The summed E-state index contributed by atoms with van der Waals surface area (Å²) < 4.78 is 19.2. The molecular weight excluding hydrogens is 653 g/mol. The largest absolute Gasteiger partial charge is 0.504 e. The number of hydrogen-bond acceptors (Lipinski definition) is 8. The molecule has 1 saturated carbocycles. The maximum Gasteiger partial charge on any atom is 0.488 e. The van der Waals surface area contributed by atoms with E-state index in [0.717, 1.165) is 21.9 Å². The monoisotopic (exact) mass is 678 g/mol. The van der Waals surface area contributed by atoms with Crippen LogP contribution in [0.2, 0.25) is 0 Å². The second-order valence-corrected chi connectivity index (χ2v) is 13.4. The van der Waals surface area contributed by atoms with Crippen molar-refractivity contribution in [3.05, 3.63) is 89.8 Å². The minimum atomic E-state index is -2.14. The summed E-state index contributed by atoms with van der Waals surface area (Å²) in [6.07, 6.45) is 1.59. The van der Waals surface area contributed by atoms with Crippen LogP contribution in [-0.2, 0) is 19.2 Å². The topological polar surface area (TPSA) is 145 Å². The van der Waals surface area contributed by atoms with Crippen LogP contribution in [0.1, 0.15) is 24.3 Å². The third kappa shape index (κ3) is 4.31. The Morgan fingerprint density at radius 3 is 2.30 bits per heavy atom. The predicted octanol–water partition coefficient (Wildman–Crippen LogP) is 2.99. The van der Waals surface area contributed by atoms with E-state index in [-0.39, 0.29) is 41.2 Å². The molecule has 0 unspecified atom stereocenters. The Hall–Kier alpha value is -4.23. The van der Waals surface area contributed by atoms with E-state index in [2.05, 4.69) is 0 Å². The molecule has 7 rings (SSSR count). The van der Waals surface area contributed by atoms with E-state index < -0.39 is 70.0 Å². The van der Waals surface area contributed by atoms with Gasteiger partial charge in [-0.05, 0) is 78.3 Å². The third-order valence-electron chi connectivity index (χ3n) is 9.86. The first kappa shape index (κ1) is 31.4. The fourth-order valence-corrected chi connectivity index (χ4v) is 8.66. The normalized spacial score (nSPS) is 29.8. The number of fused-ring (bicyclic) bond motifs is 4. The van der Waals surface area contributed by atoms with E-state index in [0.29, 0.717) is 11.1 Å². The minimum absolute atomic E-state index is 0.0527. The van der Waals surface area contributed by atoms with Crippen LogP contribution in [0.4, 0.5) is 15.8 Å². The number of phenolic OH excluding ortho intramolecular Hbond substituents is 1. The molecule has 47 heavy (non-hydrogen) atoms. The second-order valence-electron chi connectivity index (χ2n) is 12.2. The number of aromatic hydroxyl groups is 1. The number of alkyl halides is 2. The number of allylic oxidation sites excluding steroid dienone is 2. The van der Waals surface area contributed by atoms with Gasteiger partial charge in [-0.2, -0.15) is 0 Å². The summed E-state index contributed by atoms with van der Waals surface area (Å²) in [5.74, 6) is -7.28. The first-order chi connectivity index (χ1) is 22.3. The van der Waals surface area contributed by atoms with Crippen LogP contribution in [-0.4, -0.2) is 62.8 Å². The van der Waals surface area contributed by atoms with E-state index in [4.69, 9.17) is 27.9 Å². The van der Waals surface area contributed by atoms with Gasteiger partial charge in [-0.25, -0.2) is 9.29 Å². The molecule has 2 aliphatic carbocycles. The SMILES string of the molecule is COc1cc([C@H]2C3=CC[C@@H]4C(=O)N(c5cccc(B(O)O)c5)C(=O)[C@@H]4[C@@H]3C[C@@]3(Cl)C(=O)N(c4ccc(F)cc4)C(=O)[C@@]23Cl)ccc1O. The van der Waals surface area contributed by atoms with Gasteiger partial charge >= 0.3 is 7.12 Å². The molecule has 3 aromatic carbocycles. The molecule has 0 spiro atoms. The van der Waals surface area contributed by atoms with Crippen molar-refractivity contribution in [2.24, 2.45) is 17.8 Å². The van der Waals surface area contributed by atoms with Gasteiger partial charge in [0.05, 0.1) is 30.3 Å². The number of rotatable bonds is 5. The van der Waals surface area contributed by atoms with Crippen LogP contribution >= 0.6 is 23.2 Å². The average Bonchev–Trinajstić information content (AvgIpc) is 3.39. The van der Waals surface area contributed by atoms with E-state index >= 15 is 0 Å². The molecule has 0 radical (unpaired) electrons. The number of hydrogen-bond donors (Lipinski definition) is 3. The zero-order chi connectivity index (χ0) is 33.6. The first-order valence-corrected chi connectivity index (χ1v) is 15.5. The highest BCUT2D eigenvalue weighted by Gasteiger charge is 2.76. The van der Waals surface area contributed by atoms with Crippen molar-refractivity contribution in [1.29, 1.82) is 0 Å². The van der Waals surface area contributed by atoms with Crippen molar-refractivity contribution in [2.45, 2.75) is 28.5 Å². The number of carbonyl (C=O) groups is 4. The van der Waals surface area contributed by atoms with Gasteiger partial charge in [0.2, 0.25) is 11.8 Å². The zero-order valence-electron chi connectivity index (χ0n) is 24.6. The molecule has 2 heterocycles. The smallest absolute Gasteiger partial charge is 0.488 e. The number of carbonyl (C=O) groups excluding carboxylic acids is 4. The van der Waals surface area contributed by atoms with E-state index in [1.54, 1.807) is 6.08 Å². The molecule has 10 nitrogen and oxygen atoms in total. The number of phenols is 1. The summed E-state index contributed by atoms with van der Waals surface area (Å²) >= 11 is 14.7. The van der Waals surface area contributed by atoms with E-state index in [1.807, 2.05) is 0 Å². The Bertz CT molecular complexity index is 1910. The number of nitrogens with zero attached hydrogens (tertiary/aromatic N) is 2. The van der Waals surface area contributed by atoms with E-state index in [9.17, 15) is 38.7 Å². The molecule has 2 aliphatic heterocycles. The molecule has 2 saturated heterocycles. The third-order valence-corrected chi connectivity index (χ3v) is 11.3. The highest BCUT2D eigenvalue weighted by Crippen LogP contribution is 2.66. The number of amides is 4. The highest BCUT2D eigenvalue weighted by atomic mass is 35.5. The van der Waals surface area contributed by atoms with Gasteiger partial charge in [-0.1, -0.05) is 29.8 Å². The van der Waals surface area contributed by atoms with Gasteiger partial charge < -0.3 is 19.9 Å². The van der Waals surface area contributed by atoms with Crippen molar-refractivity contribution in [2.75, 3.05) is 16.9 Å². The Morgan fingerprint density at radius 1 is 0.894 bits per heavy atom. The Balaban J connectivity index is 1.39. The van der Waals surface area contributed by atoms with Gasteiger partial charge in [0.1, 0.15) is 5.82 Å². The number of benzene rings is 3. The molecule has 14 heteroatoms. The van der Waals surface area contributed by atoms with Crippen LogP contribution in [0.5, 0.6) is 11.5 Å². The molecule has 240 valence electrons. The highest BCUT2D eigenvalue weighted by molar-refractivity contribution is 6.59. The fraction of sp³-hybridized carbons (Fsp3) is 0.273. The summed E-state index contributed by atoms with van der Waals surface area (Å²) in [7, 11) is -0.486.